The van der Waals surface area contributed by atoms with Crippen molar-refractivity contribution in [1.82, 2.24) is 0 Å². The van der Waals surface area contributed by atoms with Crippen molar-refractivity contribution >= 4 is 34.2 Å². The predicted molar refractivity (Wildman–Crippen MR) is 106 cm³/mol. The number of carbonyl (C=O) groups excluding carboxylic acids is 2. The second-order valence-corrected chi connectivity index (χ2v) is 6.15. The first kappa shape index (κ1) is 20.5. The van der Waals surface area contributed by atoms with Crippen molar-refractivity contribution in [2.24, 2.45) is 0 Å². The van der Waals surface area contributed by atoms with Gasteiger partial charge in [-0.25, -0.2) is 4.79 Å². The van der Waals surface area contributed by atoms with E-state index in [-0.39, 0.29) is 28.5 Å². The van der Waals surface area contributed by atoms with Gasteiger partial charge >= 0.3 is 5.97 Å². The zero-order valence-corrected chi connectivity index (χ0v) is 15.9. The van der Waals surface area contributed by atoms with Gasteiger partial charge in [-0.1, -0.05) is 12.1 Å². The molecule has 3 rings (SSSR count). The molecule has 0 bridgehead atoms. The lowest BCUT2D eigenvalue weighted by Crippen LogP contribution is -2.30. The Kier molecular flexibility index (Phi) is 5.77. The Morgan fingerprint density at radius 2 is 1.90 bits per heavy atom. The van der Waals surface area contributed by atoms with E-state index >= 15 is 0 Å². The van der Waals surface area contributed by atoms with Crippen LogP contribution in [0, 0.1) is 10.1 Å². The summed E-state index contributed by atoms with van der Waals surface area (Å²) in [5.41, 5.74) is -0.717. The van der Waals surface area contributed by atoms with Crippen LogP contribution in [0.15, 0.2) is 57.7 Å². The first-order valence-electron chi connectivity index (χ1n) is 8.67. The third-order valence-corrected chi connectivity index (χ3v) is 4.15. The van der Waals surface area contributed by atoms with Crippen LogP contribution in [0.5, 0.6) is 5.75 Å². The zero-order valence-electron chi connectivity index (χ0n) is 15.9. The minimum absolute atomic E-state index is 0.0917. The molecule has 3 aromatic rings. The standard InChI is InChI=1S/C20H16N2O8/c1-11(19(24)21-14-8-7-12(28-2)9-15(14)22(26)27)29-20(25)18-10-16(23)13-5-3-4-6-17(13)30-18/h3-11H,1-2H3,(H,21,24). The number of amides is 1. The number of para-hydroxylation sites is 1. The van der Waals surface area contributed by atoms with Crippen LogP contribution < -0.4 is 15.5 Å². The first-order valence-corrected chi connectivity index (χ1v) is 8.67. The van der Waals surface area contributed by atoms with E-state index in [1.807, 2.05) is 0 Å². The maximum absolute atomic E-state index is 12.4. The summed E-state index contributed by atoms with van der Waals surface area (Å²) in [6.45, 7) is 1.28. The van der Waals surface area contributed by atoms with Crippen molar-refractivity contribution in [2.45, 2.75) is 13.0 Å². The highest BCUT2D eigenvalue weighted by Crippen LogP contribution is 2.29. The SMILES string of the molecule is COc1ccc(NC(=O)C(C)OC(=O)c2cc(=O)c3ccccc3o2)c([N+](=O)[O-])c1. The normalized spacial score (nSPS) is 11.5. The molecule has 2 aromatic carbocycles. The van der Waals surface area contributed by atoms with Crippen molar-refractivity contribution in [1.29, 1.82) is 0 Å². The number of carbonyl (C=O) groups is 2. The molecule has 0 aliphatic carbocycles. The van der Waals surface area contributed by atoms with Gasteiger partial charge < -0.3 is 19.2 Å². The van der Waals surface area contributed by atoms with E-state index in [0.717, 1.165) is 12.1 Å². The molecule has 0 saturated carbocycles. The van der Waals surface area contributed by atoms with Gasteiger partial charge in [0.1, 0.15) is 17.0 Å². The monoisotopic (exact) mass is 412 g/mol. The summed E-state index contributed by atoms with van der Waals surface area (Å²) >= 11 is 0. The fourth-order valence-electron chi connectivity index (χ4n) is 2.61. The van der Waals surface area contributed by atoms with E-state index in [9.17, 15) is 24.5 Å². The van der Waals surface area contributed by atoms with Gasteiger partial charge in [-0.3, -0.25) is 19.7 Å². The van der Waals surface area contributed by atoms with E-state index < -0.39 is 28.3 Å². The second kappa shape index (κ2) is 8.43. The van der Waals surface area contributed by atoms with Gasteiger partial charge in [0.25, 0.3) is 11.6 Å². The molecule has 10 heteroatoms. The highest BCUT2D eigenvalue weighted by Gasteiger charge is 2.24. The van der Waals surface area contributed by atoms with Crippen LogP contribution in [0.25, 0.3) is 11.0 Å². The van der Waals surface area contributed by atoms with Crippen molar-refractivity contribution < 1.29 is 28.4 Å². The lowest BCUT2D eigenvalue weighted by molar-refractivity contribution is -0.384. The number of benzene rings is 2. The molecule has 10 nitrogen and oxygen atoms in total. The van der Waals surface area contributed by atoms with Crippen LogP contribution in [0.1, 0.15) is 17.5 Å². The number of nitrogens with zero attached hydrogens (tertiary/aromatic N) is 1. The van der Waals surface area contributed by atoms with Crippen LogP contribution in [0.3, 0.4) is 0 Å². The summed E-state index contributed by atoms with van der Waals surface area (Å²) in [5.74, 6) is -1.95. The van der Waals surface area contributed by atoms with Crippen molar-refractivity contribution in [3.8, 4) is 5.75 Å². The van der Waals surface area contributed by atoms with Gasteiger partial charge in [0.2, 0.25) is 5.76 Å². The Balaban J connectivity index is 1.75. The summed E-state index contributed by atoms with van der Waals surface area (Å²) < 4.78 is 15.3. The number of anilines is 1. The molecule has 1 aromatic heterocycles. The molecular weight excluding hydrogens is 396 g/mol. The number of ether oxygens (including phenoxy) is 2. The molecule has 0 radical (unpaired) electrons. The lowest BCUT2D eigenvalue weighted by atomic mass is 10.2. The third-order valence-electron chi connectivity index (χ3n) is 4.15. The van der Waals surface area contributed by atoms with Gasteiger partial charge in [-0.15, -0.1) is 0 Å². The molecule has 154 valence electrons. The minimum Gasteiger partial charge on any atom is -0.496 e. The van der Waals surface area contributed by atoms with Gasteiger partial charge in [-0.05, 0) is 31.2 Å². The Morgan fingerprint density at radius 3 is 2.60 bits per heavy atom. The number of fused-ring (bicyclic) bond motifs is 1. The molecule has 1 N–H and O–H groups in total. The molecule has 1 heterocycles. The summed E-state index contributed by atoms with van der Waals surface area (Å²) in [4.78, 5) is 47.3. The summed E-state index contributed by atoms with van der Waals surface area (Å²) in [6.07, 6.45) is -1.32. The van der Waals surface area contributed by atoms with Gasteiger partial charge in [0, 0.05) is 6.07 Å². The van der Waals surface area contributed by atoms with Gasteiger partial charge in [-0.2, -0.15) is 0 Å². The number of nitro groups is 1. The molecule has 1 unspecified atom stereocenters. The van der Waals surface area contributed by atoms with Crippen molar-refractivity contribution in [3.63, 3.8) is 0 Å². The summed E-state index contributed by atoms with van der Waals surface area (Å²) in [6, 6.07) is 11.2. The Bertz CT molecular complexity index is 1200. The number of nitro benzene ring substituents is 1. The third kappa shape index (κ3) is 4.27. The van der Waals surface area contributed by atoms with Crippen LogP contribution >= 0.6 is 0 Å². The number of hydrogen-bond acceptors (Lipinski definition) is 8. The average molecular weight is 412 g/mol. The average Bonchev–Trinajstić information content (AvgIpc) is 2.73. The van der Waals surface area contributed by atoms with E-state index in [1.165, 1.54) is 32.2 Å². The van der Waals surface area contributed by atoms with Crippen molar-refractivity contribution in [2.75, 3.05) is 12.4 Å². The fraction of sp³-hybridized carbons (Fsp3) is 0.150. The molecule has 1 amide bonds. The van der Waals surface area contributed by atoms with Crippen molar-refractivity contribution in [3.05, 3.63) is 74.6 Å². The van der Waals surface area contributed by atoms with E-state index in [2.05, 4.69) is 5.32 Å². The highest BCUT2D eigenvalue weighted by molar-refractivity contribution is 5.98. The predicted octanol–water partition coefficient (Wildman–Crippen LogP) is 2.89. The molecule has 1 atom stereocenters. The maximum atomic E-state index is 12.4. The Morgan fingerprint density at radius 1 is 1.17 bits per heavy atom. The van der Waals surface area contributed by atoms with Crippen LogP contribution in [0.4, 0.5) is 11.4 Å². The Labute approximate surface area is 169 Å². The fourth-order valence-corrected chi connectivity index (χ4v) is 2.61. The molecule has 0 aliphatic heterocycles. The zero-order chi connectivity index (χ0) is 21.8. The topological polar surface area (TPSA) is 138 Å². The van der Waals surface area contributed by atoms with Crippen LogP contribution in [-0.2, 0) is 9.53 Å². The van der Waals surface area contributed by atoms with Gasteiger partial charge in [0.15, 0.2) is 11.5 Å². The lowest BCUT2D eigenvalue weighted by Gasteiger charge is -2.13. The van der Waals surface area contributed by atoms with Crippen LogP contribution in [-0.4, -0.2) is 30.0 Å². The maximum Gasteiger partial charge on any atom is 0.375 e. The number of esters is 1. The van der Waals surface area contributed by atoms with E-state index in [0.29, 0.717) is 5.39 Å². The number of methoxy groups -OCH3 is 1. The van der Waals surface area contributed by atoms with E-state index in [1.54, 1.807) is 18.2 Å². The second-order valence-electron chi connectivity index (χ2n) is 6.15. The molecule has 0 saturated heterocycles. The molecule has 0 fully saturated rings. The molecule has 0 spiro atoms. The number of rotatable bonds is 6. The smallest absolute Gasteiger partial charge is 0.375 e. The molecule has 30 heavy (non-hydrogen) atoms. The molecular formula is C20H16N2O8. The minimum atomic E-state index is -1.32. The number of hydrogen-bond donors (Lipinski definition) is 1. The quantitative estimate of drug-likeness (QED) is 0.370. The van der Waals surface area contributed by atoms with Gasteiger partial charge in [0.05, 0.1) is 23.5 Å². The highest BCUT2D eigenvalue weighted by atomic mass is 16.6. The first-order chi connectivity index (χ1) is 14.3. The Hall–Kier alpha value is -4.21. The molecule has 0 aliphatic rings. The van der Waals surface area contributed by atoms with Crippen LogP contribution in [0.2, 0.25) is 0 Å². The number of nitrogens with one attached hydrogen (secondary N) is 1. The summed E-state index contributed by atoms with van der Waals surface area (Å²) in [5, 5.41) is 13.8. The summed E-state index contributed by atoms with van der Waals surface area (Å²) in [7, 11) is 1.35. The van der Waals surface area contributed by atoms with E-state index in [4.69, 9.17) is 13.9 Å². The largest absolute Gasteiger partial charge is 0.496 e.